The molecule has 4 rings (SSSR count). The first-order valence-electron chi connectivity index (χ1n) is 8.64. The van der Waals surface area contributed by atoms with E-state index in [4.69, 9.17) is 4.74 Å². The summed E-state index contributed by atoms with van der Waals surface area (Å²) < 4.78 is 7.33. The fourth-order valence-corrected chi connectivity index (χ4v) is 3.84. The van der Waals surface area contributed by atoms with Gasteiger partial charge in [0.25, 0.3) is 0 Å². The highest BCUT2D eigenvalue weighted by molar-refractivity contribution is 5.83. The molecule has 1 saturated carbocycles. The summed E-state index contributed by atoms with van der Waals surface area (Å²) in [6.07, 6.45) is 4.32. The van der Waals surface area contributed by atoms with Crippen LogP contribution in [0.3, 0.4) is 0 Å². The Balaban J connectivity index is 1.71. The first-order valence-corrected chi connectivity index (χ1v) is 8.64. The standard InChI is InChI=1S/C16H23N5O4/c1-16(13(24)12(23)10(6-22)25-16)21-8-19-11-14(17-7-18-15(11)21)20-9-4-2-3-5-9/h7-10,12-13,22-24H,2-6H2,1H3,(H,17,18,20)/t10-,12+,13+,16?/m1/s1. The minimum atomic E-state index is -1.28. The maximum atomic E-state index is 10.5. The molecular weight excluding hydrogens is 326 g/mol. The van der Waals surface area contributed by atoms with Crippen molar-refractivity contribution >= 4 is 17.0 Å². The number of hydrogen-bond donors (Lipinski definition) is 4. The molecule has 0 bridgehead atoms. The third-order valence-electron chi connectivity index (χ3n) is 5.33. The molecule has 0 radical (unpaired) electrons. The van der Waals surface area contributed by atoms with Gasteiger partial charge in [-0.05, 0) is 19.8 Å². The smallest absolute Gasteiger partial charge is 0.173 e. The molecule has 3 heterocycles. The Morgan fingerprint density at radius 1 is 1.28 bits per heavy atom. The lowest BCUT2D eigenvalue weighted by atomic mass is 10.0. The van der Waals surface area contributed by atoms with E-state index in [-0.39, 0.29) is 6.61 Å². The van der Waals surface area contributed by atoms with Crippen molar-refractivity contribution in [2.24, 2.45) is 0 Å². The quantitative estimate of drug-likeness (QED) is 0.606. The minimum absolute atomic E-state index is 0.382. The monoisotopic (exact) mass is 349 g/mol. The molecule has 2 aromatic heterocycles. The zero-order valence-electron chi connectivity index (χ0n) is 14.0. The minimum Gasteiger partial charge on any atom is -0.394 e. The van der Waals surface area contributed by atoms with Crippen molar-refractivity contribution in [1.29, 1.82) is 0 Å². The second-order valence-corrected chi connectivity index (χ2v) is 6.96. The first-order chi connectivity index (χ1) is 12.0. The molecule has 4 N–H and O–H groups in total. The highest BCUT2D eigenvalue weighted by atomic mass is 16.6. The number of nitrogens with one attached hydrogen (secondary N) is 1. The molecule has 1 unspecified atom stereocenters. The first kappa shape index (κ1) is 16.6. The van der Waals surface area contributed by atoms with Gasteiger partial charge in [0, 0.05) is 6.04 Å². The van der Waals surface area contributed by atoms with Crippen molar-refractivity contribution in [3.63, 3.8) is 0 Å². The van der Waals surface area contributed by atoms with E-state index in [0.29, 0.717) is 23.0 Å². The van der Waals surface area contributed by atoms with E-state index in [9.17, 15) is 15.3 Å². The summed E-state index contributed by atoms with van der Waals surface area (Å²) in [4.78, 5) is 13.0. The van der Waals surface area contributed by atoms with Gasteiger partial charge in [-0.15, -0.1) is 0 Å². The average molecular weight is 349 g/mol. The summed E-state index contributed by atoms with van der Waals surface area (Å²) in [5.41, 5.74) is -0.184. The molecule has 2 fully saturated rings. The topological polar surface area (TPSA) is 126 Å². The summed E-state index contributed by atoms with van der Waals surface area (Å²) in [6.45, 7) is 1.26. The number of aliphatic hydroxyl groups excluding tert-OH is 3. The van der Waals surface area contributed by atoms with Gasteiger partial charge in [-0.25, -0.2) is 15.0 Å². The van der Waals surface area contributed by atoms with E-state index in [1.165, 1.54) is 25.5 Å². The van der Waals surface area contributed by atoms with E-state index >= 15 is 0 Å². The molecular formula is C16H23N5O4. The van der Waals surface area contributed by atoms with Crippen molar-refractivity contribution < 1.29 is 20.1 Å². The average Bonchev–Trinajstić information content (AvgIpc) is 3.32. The number of aliphatic hydroxyl groups is 3. The van der Waals surface area contributed by atoms with Gasteiger partial charge in [0.05, 0.1) is 12.9 Å². The normalized spacial score (nSPS) is 33.4. The summed E-state index contributed by atoms with van der Waals surface area (Å²) in [7, 11) is 0. The van der Waals surface area contributed by atoms with Crippen molar-refractivity contribution in [2.45, 2.75) is 62.7 Å². The lowest BCUT2D eigenvalue weighted by molar-refractivity contribution is -0.132. The molecule has 0 aromatic carbocycles. The van der Waals surface area contributed by atoms with E-state index in [2.05, 4.69) is 20.3 Å². The summed E-state index contributed by atoms with van der Waals surface area (Å²) in [6, 6.07) is 0.382. The Labute approximate surface area is 144 Å². The lowest BCUT2D eigenvalue weighted by Gasteiger charge is -2.29. The number of aromatic nitrogens is 4. The molecule has 4 atom stereocenters. The number of anilines is 1. The second-order valence-electron chi connectivity index (χ2n) is 6.96. The van der Waals surface area contributed by atoms with Crippen LogP contribution in [0.2, 0.25) is 0 Å². The Morgan fingerprint density at radius 3 is 2.72 bits per heavy atom. The Hall–Kier alpha value is -1.81. The van der Waals surface area contributed by atoms with Crippen LogP contribution >= 0.6 is 0 Å². The number of nitrogens with zero attached hydrogens (tertiary/aromatic N) is 4. The summed E-state index contributed by atoms with van der Waals surface area (Å²) in [5, 5.41) is 33.3. The SMILES string of the molecule is CC1(n2cnc3c(NC4CCCC4)ncnc32)O[C@H](CO)[C@H](O)[C@@H]1O. The van der Waals surface area contributed by atoms with Gasteiger partial charge in [0.1, 0.15) is 24.6 Å². The van der Waals surface area contributed by atoms with Crippen LogP contribution in [-0.4, -0.2) is 65.8 Å². The van der Waals surface area contributed by atoms with Crippen molar-refractivity contribution in [3.8, 4) is 0 Å². The maximum Gasteiger partial charge on any atom is 0.173 e. The van der Waals surface area contributed by atoms with Crippen LogP contribution in [0.4, 0.5) is 5.82 Å². The predicted molar refractivity (Wildman–Crippen MR) is 88.8 cm³/mol. The fourth-order valence-electron chi connectivity index (χ4n) is 3.84. The van der Waals surface area contributed by atoms with Crippen LogP contribution in [0, 0.1) is 0 Å². The van der Waals surface area contributed by atoms with Gasteiger partial charge >= 0.3 is 0 Å². The predicted octanol–water partition coefficient (Wildman–Crippen LogP) is -0.0336. The Kier molecular flexibility index (Phi) is 4.11. The molecule has 1 saturated heterocycles. The maximum absolute atomic E-state index is 10.5. The van der Waals surface area contributed by atoms with Crippen molar-refractivity contribution in [1.82, 2.24) is 19.5 Å². The Morgan fingerprint density at radius 2 is 2.04 bits per heavy atom. The van der Waals surface area contributed by atoms with Gasteiger partial charge in [-0.3, -0.25) is 4.57 Å². The zero-order valence-corrected chi connectivity index (χ0v) is 14.0. The highest BCUT2D eigenvalue weighted by Gasteiger charge is 2.52. The van der Waals surface area contributed by atoms with Crippen LogP contribution in [0.15, 0.2) is 12.7 Å². The number of hydrogen-bond acceptors (Lipinski definition) is 8. The van der Waals surface area contributed by atoms with E-state index in [0.717, 1.165) is 12.8 Å². The van der Waals surface area contributed by atoms with Crippen LogP contribution in [0.5, 0.6) is 0 Å². The van der Waals surface area contributed by atoms with Gasteiger partial charge in [-0.1, -0.05) is 12.8 Å². The van der Waals surface area contributed by atoms with E-state index < -0.39 is 24.0 Å². The molecule has 9 nitrogen and oxygen atoms in total. The molecule has 0 amide bonds. The number of imidazole rings is 1. The highest BCUT2D eigenvalue weighted by Crippen LogP contribution is 2.37. The number of ether oxygens (including phenoxy) is 1. The van der Waals surface area contributed by atoms with Crippen LogP contribution < -0.4 is 5.32 Å². The van der Waals surface area contributed by atoms with Gasteiger partial charge in [-0.2, -0.15) is 0 Å². The van der Waals surface area contributed by atoms with Crippen molar-refractivity contribution in [3.05, 3.63) is 12.7 Å². The van der Waals surface area contributed by atoms with Gasteiger partial charge < -0.3 is 25.4 Å². The number of rotatable bonds is 4. The second kappa shape index (κ2) is 6.17. The third-order valence-corrected chi connectivity index (χ3v) is 5.33. The number of fused-ring (bicyclic) bond motifs is 1. The molecule has 9 heteroatoms. The van der Waals surface area contributed by atoms with Crippen LogP contribution in [0.1, 0.15) is 32.6 Å². The fraction of sp³-hybridized carbons (Fsp3) is 0.688. The zero-order chi connectivity index (χ0) is 17.6. The Bertz CT molecular complexity index is 762. The van der Waals surface area contributed by atoms with E-state index in [1.54, 1.807) is 11.5 Å². The summed E-state index contributed by atoms with van der Waals surface area (Å²) in [5.74, 6) is 0.658. The van der Waals surface area contributed by atoms with Crippen molar-refractivity contribution in [2.75, 3.05) is 11.9 Å². The van der Waals surface area contributed by atoms with Crippen LogP contribution in [-0.2, 0) is 10.5 Å². The van der Waals surface area contributed by atoms with Gasteiger partial charge in [0.2, 0.25) is 0 Å². The lowest BCUT2D eigenvalue weighted by Crippen LogP contribution is -2.43. The molecule has 25 heavy (non-hydrogen) atoms. The molecule has 136 valence electrons. The summed E-state index contributed by atoms with van der Waals surface area (Å²) >= 11 is 0. The molecule has 1 aliphatic carbocycles. The molecule has 1 aliphatic heterocycles. The third kappa shape index (κ3) is 2.58. The van der Waals surface area contributed by atoms with Crippen LogP contribution in [0.25, 0.3) is 11.2 Å². The molecule has 0 spiro atoms. The van der Waals surface area contributed by atoms with Gasteiger partial charge in [0.15, 0.2) is 22.7 Å². The molecule has 2 aliphatic rings. The van der Waals surface area contributed by atoms with E-state index in [1.807, 2.05) is 0 Å². The largest absolute Gasteiger partial charge is 0.394 e. The molecule has 2 aromatic rings.